The fourth-order valence-electron chi connectivity index (χ4n) is 3.27. The fraction of sp³-hybridized carbons (Fsp3) is 0.333. The van der Waals surface area contributed by atoms with Crippen LogP contribution in [0.4, 0.5) is 0 Å². The number of carbonyl (C=O) groups excluding carboxylic acids is 2. The standard InChI is InChI=1S/C21H23NO5/c1-25-19-12-15(10-11-18(19)27-13-20(23)26-2)21(24)22-17-9-5-7-14-6-3-4-8-16(14)17/h3-4,6,8,10-12,17H,5,7,9,13H2,1-2H3,(H,22,24). The van der Waals surface area contributed by atoms with Gasteiger partial charge in [-0.1, -0.05) is 24.3 Å². The number of ether oxygens (including phenoxy) is 3. The summed E-state index contributed by atoms with van der Waals surface area (Å²) in [5.74, 6) is 0.0995. The molecule has 0 aliphatic heterocycles. The Morgan fingerprint density at radius 3 is 2.70 bits per heavy atom. The highest BCUT2D eigenvalue weighted by atomic mass is 16.6. The predicted octanol–water partition coefficient (Wildman–Crippen LogP) is 3.05. The van der Waals surface area contributed by atoms with Crippen molar-refractivity contribution < 1.29 is 23.8 Å². The van der Waals surface area contributed by atoms with Gasteiger partial charge < -0.3 is 19.5 Å². The number of hydrogen-bond donors (Lipinski definition) is 1. The summed E-state index contributed by atoms with van der Waals surface area (Å²) < 4.78 is 15.2. The highest BCUT2D eigenvalue weighted by Gasteiger charge is 2.22. The van der Waals surface area contributed by atoms with Gasteiger partial charge in [0.2, 0.25) is 0 Å². The van der Waals surface area contributed by atoms with Crippen molar-refractivity contribution in [3.63, 3.8) is 0 Å². The van der Waals surface area contributed by atoms with Gasteiger partial charge >= 0.3 is 5.97 Å². The number of hydrogen-bond acceptors (Lipinski definition) is 5. The van der Waals surface area contributed by atoms with Gasteiger partial charge in [0, 0.05) is 5.56 Å². The van der Waals surface area contributed by atoms with Gasteiger partial charge in [0.15, 0.2) is 18.1 Å². The van der Waals surface area contributed by atoms with Crippen LogP contribution in [-0.2, 0) is 16.0 Å². The van der Waals surface area contributed by atoms with Crippen LogP contribution in [0.5, 0.6) is 11.5 Å². The molecule has 1 aliphatic rings. The molecule has 1 amide bonds. The average molecular weight is 369 g/mol. The van der Waals surface area contributed by atoms with Crippen molar-refractivity contribution in [3.8, 4) is 11.5 Å². The number of methoxy groups -OCH3 is 2. The van der Waals surface area contributed by atoms with Gasteiger partial charge in [-0.05, 0) is 48.6 Å². The van der Waals surface area contributed by atoms with Gasteiger partial charge in [-0.2, -0.15) is 0 Å². The SMILES string of the molecule is COC(=O)COc1ccc(C(=O)NC2CCCc3ccccc32)cc1OC. The van der Waals surface area contributed by atoms with Crippen molar-refractivity contribution in [3.05, 3.63) is 59.2 Å². The topological polar surface area (TPSA) is 73.9 Å². The molecule has 0 bridgehead atoms. The van der Waals surface area contributed by atoms with Gasteiger partial charge in [-0.3, -0.25) is 4.79 Å². The molecule has 6 nitrogen and oxygen atoms in total. The van der Waals surface area contributed by atoms with Crippen molar-refractivity contribution in [2.24, 2.45) is 0 Å². The van der Waals surface area contributed by atoms with Crippen LogP contribution in [0.3, 0.4) is 0 Å². The molecule has 2 aromatic rings. The summed E-state index contributed by atoms with van der Waals surface area (Å²) >= 11 is 0. The lowest BCUT2D eigenvalue weighted by molar-refractivity contribution is -0.142. The number of aryl methyl sites for hydroxylation is 1. The number of amides is 1. The largest absolute Gasteiger partial charge is 0.493 e. The number of rotatable bonds is 6. The van der Waals surface area contributed by atoms with Crippen LogP contribution in [0.1, 0.15) is 40.4 Å². The second-order valence-corrected chi connectivity index (χ2v) is 6.35. The van der Waals surface area contributed by atoms with E-state index in [0.29, 0.717) is 17.1 Å². The summed E-state index contributed by atoms with van der Waals surface area (Å²) in [5.41, 5.74) is 2.95. The third kappa shape index (κ3) is 4.39. The van der Waals surface area contributed by atoms with Crippen LogP contribution in [0.25, 0.3) is 0 Å². The maximum Gasteiger partial charge on any atom is 0.343 e. The number of fused-ring (bicyclic) bond motifs is 1. The second-order valence-electron chi connectivity index (χ2n) is 6.35. The van der Waals surface area contributed by atoms with E-state index in [4.69, 9.17) is 9.47 Å². The molecule has 0 heterocycles. The molecule has 1 unspecified atom stereocenters. The van der Waals surface area contributed by atoms with Gasteiger partial charge in [0.05, 0.1) is 20.3 Å². The van der Waals surface area contributed by atoms with Gasteiger partial charge in [0.25, 0.3) is 5.91 Å². The normalized spacial score (nSPS) is 15.4. The summed E-state index contributed by atoms with van der Waals surface area (Å²) in [6.45, 7) is -0.225. The molecule has 27 heavy (non-hydrogen) atoms. The monoisotopic (exact) mass is 369 g/mol. The molecule has 3 rings (SSSR count). The molecule has 2 aromatic carbocycles. The van der Waals surface area contributed by atoms with E-state index in [1.165, 1.54) is 25.3 Å². The van der Waals surface area contributed by atoms with Gasteiger partial charge in [-0.25, -0.2) is 4.79 Å². The van der Waals surface area contributed by atoms with Crippen LogP contribution in [0, 0.1) is 0 Å². The third-order valence-electron chi connectivity index (χ3n) is 4.67. The molecule has 0 fully saturated rings. The zero-order valence-electron chi connectivity index (χ0n) is 15.5. The van der Waals surface area contributed by atoms with E-state index in [1.807, 2.05) is 12.1 Å². The van der Waals surface area contributed by atoms with Crippen LogP contribution >= 0.6 is 0 Å². The number of nitrogens with one attached hydrogen (secondary N) is 1. The highest BCUT2D eigenvalue weighted by molar-refractivity contribution is 5.95. The van der Waals surface area contributed by atoms with Crippen molar-refractivity contribution in [2.75, 3.05) is 20.8 Å². The molecule has 142 valence electrons. The van der Waals surface area contributed by atoms with Crippen molar-refractivity contribution in [2.45, 2.75) is 25.3 Å². The van der Waals surface area contributed by atoms with Crippen LogP contribution < -0.4 is 14.8 Å². The molecule has 6 heteroatoms. The lowest BCUT2D eigenvalue weighted by Crippen LogP contribution is -2.31. The summed E-state index contributed by atoms with van der Waals surface area (Å²) in [4.78, 5) is 24.0. The molecule has 0 radical (unpaired) electrons. The summed E-state index contributed by atoms with van der Waals surface area (Å²) in [5, 5.41) is 3.11. The first kappa shape index (κ1) is 18.8. The van der Waals surface area contributed by atoms with Gasteiger partial charge in [0.1, 0.15) is 0 Å². The molecule has 1 aliphatic carbocycles. The minimum Gasteiger partial charge on any atom is -0.493 e. The molecular formula is C21H23NO5. The van der Waals surface area contributed by atoms with E-state index in [0.717, 1.165) is 19.3 Å². The minimum atomic E-state index is -0.491. The number of esters is 1. The van der Waals surface area contributed by atoms with Crippen LogP contribution in [0.15, 0.2) is 42.5 Å². The Morgan fingerprint density at radius 2 is 1.93 bits per heavy atom. The Hall–Kier alpha value is -3.02. The fourth-order valence-corrected chi connectivity index (χ4v) is 3.27. The predicted molar refractivity (Wildman–Crippen MR) is 100 cm³/mol. The van der Waals surface area contributed by atoms with Crippen LogP contribution in [-0.4, -0.2) is 32.7 Å². The number of carbonyl (C=O) groups is 2. The second kappa shape index (κ2) is 8.58. The van der Waals surface area contributed by atoms with E-state index in [1.54, 1.807) is 18.2 Å². The van der Waals surface area contributed by atoms with Crippen molar-refractivity contribution >= 4 is 11.9 Å². The maximum atomic E-state index is 12.7. The minimum absolute atomic E-state index is 0.00342. The van der Waals surface area contributed by atoms with E-state index in [-0.39, 0.29) is 18.6 Å². The first-order valence-corrected chi connectivity index (χ1v) is 8.88. The maximum absolute atomic E-state index is 12.7. The molecule has 1 N–H and O–H groups in total. The highest BCUT2D eigenvalue weighted by Crippen LogP contribution is 2.31. The van der Waals surface area contributed by atoms with Crippen LogP contribution in [0.2, 0.25) is 0 Å². The zero-order valence-corrected chi connectivity index (χ0v) is 15.5. The van der Waals surface area contributed by atoms with E-state index < -0.39 is 5.97 Å². The summed E-state index contributed by atoms with van der Waals surface area (Å²) in [6, 6.07) is 13.1. The first-order valence-electron chi connectivity index (χ1n) is 8.88. The van der Waals surface area contributed by atoms with Gasteiger partial charge in [-0.15, -0.1) is 0 Å². The smallest absolute Gasteiger partial charge is 0.343 e. The Labute approximate surface area is 158 Å². The Bertz CT molecular complexity index is 833. The average Bonchev–Trinajstić information content (AvgIpc) is 2.72. The Morgan fingerprint density at radius 1 is 1.11 bits per heavy atom. The molecule has 0 aromatic heterocycles. The van der Waals surface area contributed by atoms with Crippen molar-refractivity contribution in [1.29, 1.82) is 0 Å². The van der Waals surface area contributed by atoms with E-state index >= 15 is 0 Å². The lowest BCUT2D eigenvalue weighted by Gasteiger charge is -2.26. The van der Waals surface area contributed by atoms with Crippen molar-refractivity contribution in [1.82, 2.24) is 5.32 Å². The number of benzene rings is 2. The molecule has 0 spiro atoms. The zero-order chi connectivity index (χ0) is 19.2. The third-order valence-corrected chi connectivity index (χ3v) is 4.67. The van der Waals surface area contributed by atoms with E-state index in [2.05, 4.69) is 22.2 Å². The lowest BCUT2D eigenvalue weighted by atomic mass is 9.87. The van der Waals surface area contributed by atoms with E-state index in [9.17, 15) is 9.59 Å². The molecule has 0 saturated carbocycles. The first-order chi connectivity index (χ1) is 13.1. The quantitative estimate of drug-likeness (QED) is 0.792. The molecular weight excluding hydrogens is 346 g/mol. The molecule has 0 saturated heterocycles. The Balaban J connectivity index is 1.73. The summed E-state index contributed by atoms with van der Waals surface area (Å²) in [7, 11) is 2.78. The molecule has 1 atom stereocenters. The Kier molecular flexibility index (Phi) is 5.96. The summed E-state index contributed by atoms with van der Waals surface area (Å²) in [6.07, 6.45) is 3.01.